The van der Waals surface area contributed by atoms with Gasteiger partial charge in [-0.05, 0) is 62.7 Å². The maximum atomic E-state index is 13.2. The normalized spacial score (nSPS) is 37.1. The number of aromatic nitrogens is 2. The third-order valence-electron chi connectivity index (χ3n) is 7.48. The highest BCUT2D eigenvalue weighted by Gasteiger charge is 2.55. The summed E-state index contributed by atoms with van der Waals surface area (Å²) in [7, 11) is 3.86. The maximum Gasteiger partial charge on any atom is 0.254 e. The van der Waals surface area contributed by atoms with Crippen LogP contribution in [-0.4, -0.2) is 46.7 Å². The molecule has 2 N–H and O–H groups in total. The van der Waals surface area contributed by atoms with Crippen molar-refractivity contribution in [3.05, 3.63) is 17.5 Å². The Hall–Kier alpha value is -1.69. The number of anilines is 1. The molecule has 0 aliphatic heterocycles. The summed E-state index contributed by atoms with van der Waals surface area (Å²) in [5, 5.41) is 14.1. The van der Waals surface area contributed by atoms with Crippen molar-refractivity contribution in [2.24, 2.45) is 17.8 Å². The smallest absolute Gasteiger partial charge is 0.254 e. The molecule has 2 atom stereocenters. The maximum absolute atomic E-state index is 13.2. The van der Waals surface area contributed by atoms with E-state index < -0.39 is 5.60 Å². The van der Waals surface area contributed by atoms with Crippen molar-refractivity contribution in [1.82, 2.24) is 15.3 Å². The van der Waals surface area contributed by atoms with E-state index in [2.05, 4.69) is 10.3 Å². The second kappa shape index (κ2) is 6.16. The standard InChI is InChI=1S/C21H30N4O2/c1-25(2)20-22-11-16(18(24-20)13-4-3-5-13)19(26)23-17-14-6-12-7-15(17)10-21(27,8-12)9-14/h11-15,17,27H,3-10H2,1-2H3,(H,23,26)/t12?,14?,15?,17-,21+. The van der Waals surface area contributed by atoms with Crippen molar-refractivity contribution < 1.29 is 9.90 Å². The van der Waals surface area contributed by atoms with E-state index in [1.165, 1.54) is 6.42 Å². The molecule has 6 heteroatoms. The van der Waals surface area contributed by atoms with Gasteiger partial charge in [0.2, 0.25) is 5.95 Å². The largest absolute Gasteiger partial charge is 0.390 e. The molecule has 6 rings (SSSR count). The van der Waals surface area contributed by atoms with Crippen LogP contribution in [0.25, 0.3) is 0 Å². The fourth-order valence-electron chi connectivity index (χ4n) is 6.21. The van der Waals surface area contributed by atoms with E-state index in [1.807, 2.05) is 19.0 Å². The molecule has 5 fully saturated rings. The van der Waals surface area contributed by atoms with Gasteiger partial charge in [0.1, 0.15) is 0 Å². The second-order valence-corrected chi connectivity index (χ2v) is 9.68. The highest BCUT2D eigenvalue weighted by Crippen LogP contribution is 2.55. The molecule has 1 heterocycles. The van der Waals surface area contributed by atoms with E-state index in [0.29, 0.717) is 35.2 Å². The van der Waals surface area contributed by atoms with Crippen LogP contribution in [0.15, 0.2) is 6.20 Å². The van der Waals surface area contributed by atoms with Gasteiger partial charge in [0.05, 0.1) is 16.9 Å². The highest BCUT2D eigenvalue weighted by molar-refractivity contribution is 5.95. The Bertz CT molecular complexity index is 745. The molecule has 4 bridgehead atoms. The predicted molar refractivity (Wildman–Crippen MR) is 103 cm³/mol. The van der Waals surface area contributed by atoms with Gasteiger partial charge in [-0.25, -0.2) is 9.97 Å². The number of rotatable bonds is 4. The third kappa shape index (κ3) is 2.93. The molecule has 0 radical (unpaired) electrons. The van der Waals surface area contributed by atoms with Crippen LogP contribution < -0.4 is 10.2 Å². The monoisotopic (exact) mass is 370 g/mol. The average molecular weight is 370 g/mol. The van der Waals surface area contributed by atoms with Gasteiger partial charge in [-0.15, -0.1) is 0 Å². The van der Waals surface area contributed by atoms with Gasteiger partial charge >= 0.3 is 0 Å². The van der Waals surface area contributed by atoms with Crippen LogP contribution in [-0.2, 0) is 0 Å². The van der Waals surface area contributed by atoms with Gasteiger partial charge in [-0.3, -0.25) is 4.79 Å². The molecule has 0 spiro atoms. The Kier molecular flexibility index (Phi) is 3.97. The molecular weight excluding hydrogens is 340 g/mol. The van der Waals surface area contributed by atoms with Crippen LogP contribution in [0.4, 0.5) is 5.95 Å². The van der Waals surface area contributed by atoms with Crippen molar-refractivity contribution >= 4 is 11.9 Å². The molecule has 1 amide bonds. The fourth-order valence-corrected chi connectivity index (χ4v) is 6.21. The number of aliphatic hydroxyl groups is 1. The number of amides is 1. The minimum atomic E-state index is -0.467. The lowest BCUT2D eigenvalue weighted by molar-refractivity contribution is -0.136. The van der Waals surface area contributed by atoms with Crippen molar-refractivity contribution in [1.29, 1.82) is 0 Å². The minimum Gasteiger partial charge on any atom is -0.390 e. The Balaban J connectivity index is 1.38. The van der Waals surface area contributed by atoms with Gasteiger partial charge in [0.15, 0.2) is 0 Å². The topological polar surface area (TPSA) is 78.4 Å². The van der Waals surface area contributed by atoms with E-state index in [9.17, 15) is 9.90 Å². The van der Waals surface area contributed by atoms with E-state index in [0.717, 1.165) is 50.6 Å². The van der Waals surface area contributed by atoms with Crippen LogP contribution in [0.5, 0.6) is 0 Å². The Labute approximate surface area is 160 Å². The first-order valence-electron chi connectivity index (χ1n) is 10.5. The zero-order valence-electron chi connectivity index (χ0n) is 16.3. The lowest BCUT2D eigenvalue weighted by atomic mass is 9.52. The number of hydrogen-bond acceptors (Lipinski definition) is 5. The van der Waals surface area contributed by atoms with Crippen LogP contribution in [0.2, 0.25) is 0 Å². The molecule has 27 heavy (non-hydrogen) atoms. The second-order valence-electron chi connectivity index (χ2n) is 9.68. The first-order chi connectivity index (χ1) is 12.9. The molecule has 5 saturated carbocycles. The molecule has 1 aromatic rings. The van der Waals surface area contributed by atoms with Gasteiger partial charge < -0.3 is 15.3 Å². The summed E-state index contributed by atoms with van der Waals surface area (Å²) in [5.41, 5.74) is 1.10. The minimum absolute atomic E-state index is 0.0216. The molecule has 0 saturated heterocycles. The third-order valence-corrected chi connectivity index (χ3v) is 7.48. The van der Waals surface area contributed by atoms with Gasteiger partial charge in [-0.1, -0.05) is 6.42 Å². The summed E-state index contributed by atoms with van der Waals surface area (Å²) in [5.74, 6) is 2.51. The molecular formula is C21H30N4O2. The number of hydrogen-bond donors (Lipinski definition) is 2. The van der Waals surface area contributed by atoms with E-state index in [1.54, 1.807) is 6.20 Å². The van der Waals surface area contributed by atoms with Crippen molar-refractivity contribution in [3.8, 4) is 0 Å². The van der Waals surface area contributed by atoms with Gasteiger partial charge in [-0.2, -0.15) is 0 Å². The summed E-state index contributed by atoms with van der Waals surface area (Å²) in [6, 6.07) is 0.192. The summed E-state index contributed by atoms with van der Waals surface area (Å²) in [6.45, 7) is 0. The number of carbonyl (C=O) groups excluding carboxylic acids is 1. The van der Waals surface area contributed by atoms with Gasteiger partial charge in [0, 0.05) is 32.3 Å². The molecule has 5 aliphatic rings. The zero-order valence-corrected chi connectivity index (χ0v) is 16.3. The SMILES string of the molecule is CN(C)c1ncc(C(=O)N[C@H]2C3CC4CC2C[C@@](O)(C4)C3)c(C2CCC2)n1. The molecule has 5 aliphatic carbocycles. The van der Waals surface area contributed by atoms with Crippen LogP contribution in [0, 0.1) is 17.8 Å². The summed E-state index contributed by atoms with van der Waals surface area (Å²) in [6.07, 6.45) is 10.1. The average Bonchev–Trinajstić information content (AvgIpc) is 2.54. The van der Waals surface area contributed by atoms with Crippen LogP contribution in [0.3, 0.4) is 0 Å². The molecule has 2 unspecified atom stereocenters. The van der Waals surface area contributed by atoms with Crippen LogP contribution in [0.1, 0.15) is 73.3 Å². The Morgan fingerprint density at radius 1 is 1.22 bits per heavy atom. The molecule has 6 nitrogen and oxygen atoms in total. The number of nitrogens with one attached hydrogen (secondary N) is 1. The summed E-state index contributed by atoms with van der Waals surface area (Å²) in [4.78, 5) is 24.2. The molecule has 0 aromatic carbocycles. The summed E-state index contributed by atoms with van der Waals surface area (Å²) < 4.78 is 0. The van der Waals surface area contributed by atoms with E-state index >= 15 is 0 Å². The van der Waals surface area contributed by atoms with Crippen molar-refractivity contribution in [3.63, 3.8) is 0 Å². The lowest BCUT2D eigenvalue weighted by Gasteiger charge is -2.58. The predicted octanol–water partition coefficient (Wildman–Crippen LogP) is 2.48. The number of carbonyl (C=O) groups is 1. The Morgan fingerprint density at radius 2 is 1.93 bits per heavy atom. The first-order valence-corrected chi connectivity index (χ1v) is 10.5. The first kappa shape index (κ1) is 17.4. The quantitative estimate of drug-likeness (QED) is 0.851. The van der Waals surface area contributed by atoms with Crippen molar-refractivity contribution in [2.45, 2.75) is 68.9 Å². The van der Waals surface area contributed by atoms with E-state index in [-0.39, 0.29) is 11.9 Å². The summed E-state index contributed by atoms with van der Waals surface area (Å²) >= 11 is 0. The molecule has 1 aromatic heterocycles. The Morgan fingerprint density at radius 3 is 2.48 bits per heavy atom. The lowest BCUT2D eigenvalue weighted by Crippen LogP contribution is -2.61. The number of nitrogens with zero attached hydrogens (tertiary/aromatic N) is 3. The fraction of sp³-hybridized carbons (Fsp3) is 0.762. The molecule has 146 valence electrons. The van der Waals surface area contributed by atoms with Crippen molar-refractivity contribution in [2.75, 3.05) is 19.0 Å². The zero-order chi connectivity index (χ0) is 18.8. The highest BCUT2D eigenvalue weighted by atomic mass is 16.3. The van der Waals surface area contributed by atoms with Crippen LogP contribution >= 0.6 is 0 Å². The van der Waals surface area contributed by atoms with Gasteiger partial charge in [0.25, 0.3) is 5.91 Å². The van der Waals surface area contributed by atoms with E-state index in [4.69, 9.17) is 4.98 Å².